The Kier molecular flexibility index (Phi) is 7.91. The molecule has 0 aliphatic carbocycles. The first-order chi connectivity index (χ1) is 15.2. The predicted octanol–water partition coefficient (Wildman–Crippen LogP) is 3.32. The minimum Gasteiger partial charge on any atom is -0.462 e. The molecule has 0 radical (unpaired) electrons. The van der Waals surface area contributed by atoms with Gasteiger partial charge in [-0.1, -0.05) is 23.5 Å². The van der Waals surface area contributed by atoms with Crippen molar-refractivity contribution in [3.63, 3.8) is 0 Å². The van der Waals surface area contributed by atoms with Crippen molar-refractivity contribution in [2.45, 2.75) is 24.8 Å². The quantitative estimate of drug-likeness (QED) is 0.448. The summed E-state index contributed by atoms with van der Waals surface area (Å²) >= 11 is 3.04. The number of thiazole rings is 1. The number of amides is 1. The molecule has 0 fully saturated rings. The number of carbonyl (C=O) groups excluding carboxylic acids is 2. The smallest absolute Gasteiger partial charge is 0.338 e. The minimum atomic E-state index is -3.28. The highest BCUT2D eigenvalue weighted by atomic mass is 32.2. The molecule has 10 heteroatoms. The molecule has 0 saturated carbocycles. The fraction of sp³-hybridized carbons (Fsp3) is 0.318. The van der Waals surface area contributed by atoms with Crippen LogP contribution in [0.4, 0.5) is 0 Å². The maximum absolute atomic E-state index is 12.7. The number of hydrogen-bond donors (Lipinski definition) is 0. The number of nitrogens with zero attached hydrogens (tertiary/aromatic N) is 2. The van der Waals surface area contributed by atoms with Crippen LogP contribution >= 0.6 is 23.1 Å². The second-order valence-corrected chi connectivity index (χ2v) is 11.0. The third-order valence-electron chi connectivity index (χ3n) is 4.64. The van der Waals surface area contributed by atoms with Crippen LogP contribution in [0.3, 0.4) is 0 Å². The Balaban J connectivity index is 1.94. The molecule has 0 aliphatic rings. The van der Waals surface area contributed by atoms with Gasteiger partial charge in [0.1, 0.15) is 0 Å². The zero-order valence-electron chi connectivity index (χ0n) is 18.0. The number of sulfone groups is 1. The van der Waals surface area contributed by atoms with Gasteiger partial charge in [-0.3, -0.25) is 4.79 Å². The Labute approximate surface area is 195 Å². The standard InChI is InChI=1S/C22H24N2O5S3/c1-4-29-21(26)16-7-10-18-19(14-16)31-22(24(18)11-12-30-2)23-20(25)13-15-5-8-17(9-6-15)32(3,27)28/h5-10,14H,4,11-13H2,1-3H3. The molecule has 0 atom stereocenters. The highest BCUT2D eigenvalue weighted by Crippen LogP contribution is 2.20. The average molecular weight is 493 g/mol. The van der Waals surface area contributed by atoms with Crippen molar-refractivity contribution in [3.05, 3.63) is 58.4 Å². The molecule has 2 aromatic carbocycles. The molecule has 0 unspecified atom stereocenters. The first-order valence-electron chi connectivity index (χ1n) is 9.89. The Bertz CT molecular complexity index is 1310. The summed E-state index contributed by atoms with van der Waals surface area (Å²) in [4.78, 5) is 29.8. The molecular weight excluding hydrogens is 468 g/mol. The maximum atomic E-state index is 12.7. The lowest BCUT2D eigenvalue weighted by Gasteiger charge is -2.05. The first-order valence-corrected chi connectivity index (χ1v) is 14.0. The topological polar surface area (TPSA) is 94.8 Å². The summed E-state index contributed by atoms with van der Waals surface area (Å²) in [5.41, 5.74) is 2.05. The summed E-state index contributed by atoms with van der Waals surface area (Å²) < 4.78 is 31.1. The van der Waals surface area contributed by atoms with E-state index in [0.29, 0.717) is 29.1 Å². The van der Waals surface area contributed by atoms with Gasteiger partial charge in [-0.25, -0.2) is 13.2 Å². The van der Waals surface area contributed by atoms with Gasteiger partial charge < -0.3 is 9.30 Å². The second-order valence-electron chi connectivity index (χ2n) is 7.03. The summed E-state index contributed by atoms with van der Waals surface area (Å²) in [5.74, 6) is 0.137. The van der Waals surface area contributed by atoms with Crippen LogP contribution in [0, 0.1) is 0 Å². The van der Waals surface area contributed by atoms with Crippen LogP contribution < -0.4 is 4.80 Å². The van der Waals surface area contributed by atoms with Crippen molar-refractivity contribution in [2.24, 2.45) is 4.99 Å². The van der Waals surface area contributed by atoms with Gasteiger partial charge in [0.15, 0.2) is 14.6 Å². The number of benzene rings is 2. The Morgan fingerprint density at radius 3 is 2.50 bits per heavy atom. The van der Waals surface area contributed by atoms with Crippen molar-refractivity contribution >= 4 is 55.0 Å². The summed E-state index contributed by atoms with van der Waals surface area (Å²) in [6.45, 7) is 2.74. The zero-order valence-corrected chi connectivity index (χ0v) is 20.5. The van der Waals surface area contributed by atoms with Crippen molar-refractivity contribution in [2.75, 3.05) is 24.9 Å². The van der Waals surface area contributed by atoms with Gasteiger partial charge in [0.05, 0.1) is 33.7 Å². The highest BCUT2D eigenvalue weighted by Gasteiger charge is 2.13. The summed E-state index contributed by atoms with van der Waals surface area (Å²) in [6, 6.07) is 11.6. The average Bonchev–Trinajstić information content (AvgIpc) is 3.07. The van der Waals surface area contributed by atoms with Gasteiger partial charge in [0.2, 0.25) is 0 Å². The van der Waals surface area contributed by atoms with Gasteiger partial charge in [0, 0.05) is 18.6 Å². The summed E-state index contributed by atoms with van der Waals surface area (Å²) in [7, 11) is -3.28. The number of hydrogen-bond acceptors (Lipinski definition) is 7. The van der Waals surface area contributed by atoms with Crippen LogP contribution in [0.15, 0.2) is 52.4 Å². The lowest BCUT2D eigenvalue weighted by molar-refractivity contribution is -0.117. The molecule has 0 N–H and O–H groups in total. The van der Waals surface area contributed by atoms with Crippen molar-refractivity contribution in [1.82, 2.24) is 4.57 Å². The molecule has 3 aromatic rings. The van der Waals surface area contributed by atoms with E-state index < -0.39 is 9.84 Å². The van der Waals surface area contributed by atoms with Crippen LogP contribution in [-0.2, 0) is 32.3 Å². The van der Waals surface area contributed by atoms with E-state index in [4.69, 9.17) is 4.74 Å². The number of rotatable bonds is 8. The van der Waals surface area contributed by atoms with E-state index in [2.05, 4.69) is 4.99 Å². The molecule has 32 heavy (non-hydrogen) atoms. The third-order valence-corrected chi connectivity index (χ3v) is 7.40. The number of esters is 1. The summed E-state index contributed by atoms with van der Waals surface area (Å²) in [6.07, 6.45) is 3.22. The molecule has 3 rings (SSSR count). The van der Waals surface area contributed by atoms with E-state index in [9.17, 15) is 18.0 Å². The van der Waals surface area contributed by atoms with E-state index in [-0.39, 0.29) is 23.2 Å². The lowest BCUT2D eigenvalue weighted by Crippen LogP contribution is -2.18. The predicted molar refractivity (Wildman–Crippen MR) is 128 cm³/mol. The van der Waals surface area contributed by atoms with E-state index in [1.165, 1.54) is 23.5 Å². The monoisotopic (exact) mass is 492 g/mol. The van der Waals surface area contributed by atoms with Crippen molar-refractivity contribution in [1.29, 1.82) is 0 Å². The van der Waals surface area contributed by atoms with Gasteiger partial charge in [0.25, 0.3) is 5.91 Å². The van der Waals surface area contributed by atoms with E-state index in [0.717, 1.165) is 22.2 Å². The van der Waals surface area contributed by atoms with Crippen LogP contribution in [-0.4, -0.2) is 49.7 Å². The van der Waals surface area contributed by atoms with Gasteiger partial charge in [-0.15, -0.1) is 0 Å². The van der Waals surface area contributed by atoms with Crippen LogP contribution in [0.2, 0.25) is 0 Å². The molecule has 170 valence electrons. The zero-order chi connectivity index (χ0) is 23.3. The Morgan fingerprint density at radius 2 is 1.88 bits per heavy atom. The second kappa shape index (κ2) is 10.5. The van der Waals surface area contributed by atoms with Gasteiger partial charge in [-0.05, 0) is 49.1 Å². The van der Waals surface area contributed by atoms with E-state index in [1.54, 1.807) is 43.0 Å². The molecule has 1 amide bonds. The highest BCUT2D eigenvalue weighted by molar-refractivity contribution is 7.98. The lowest BCUT2D eigenvalue weighted by atomic mass is 10.1. The van der Waals surface area contributed by atoms with E-state index in [1.807, 2.05) is 16.9 Å². The number of fused-ring (bicyclic) bond motifs is 1. The molecule has 0 bridgehead atoms. The Hall–Kier alpha value is -2.43. The van der Waals surface area contributed by atoms with Crippen LogP contribution in [0.25, 0.3) is 10.2 Å². The van der Waals surface area contributed by atoms with E-state index >= 15 is 0 Å². The number of carbonyl (C=O) groups is 2. The molecular formula is C22H24N2O5S3. The maximum Gasteiger partial charge on any atom is 0.338 e. The van der Waals surface area contributed by atoms with Crippen molar-refractivity contribution in [3.8, 4) is 0 Å². The van der Waals surface area contributed by atoms with Crippen LogP contribution in [0.1, 0.15) is 22.8 Å². The van der Waals surface area contributed by atoms with Gasteiger partial charge in [-0.2, -0.15) is 16.8 Å². The fourth-order valence-corrected chi connectivity index (χ4v) is 5.18. The largest absolute Gasteiger partial charge is 0.462 e. The number of aryl methyl sites for hydroxylation is 1. The normalized spacial score (nSPS) is 12.3. The molecule has 0 spiro atoms. The molecule has 1 aromatic heterocycles. The minimum absolute atomic E-state index is 0.0644. The SMILES string of the molecule is CCOC(=O)c1ccc2c(c1)sc(=NC(=O)Cc1ccc(S(C)(=O)=O)cc1)n2CCSC. The molecule has 0 saturated heterocycles. The number of aromatic nitrogens is 1. The van der Waals surface area contributed by atoms with Crippen molar-refractivity contribution < 1.29 is 22.7 Å². The summed E-state index contributed by atoms with van der Waals surface area (Å²) in [5, 5.41) is 0. The van der Waals surface area contributed by atoms with Gasteiger partial charge >= 0.3 is 5.97 Å². The molecule has 7 nitrogen and oxygen atoms in total. The molecule has 1 heterocycles. The Morgan fingerprint density at radius 1 is 1.16 bits per heavy atom. The number of ether oxygens (including phenoxy) is 1. The fourth-order valence-electron chi connectivity index (χ4n) is 3.07. The third kappa shape index (κ3) is 5.87. The number of thioether (sulfide) groups is 1. The first kappa shape index (κ1) is 24.2. The molecule has 0 aliphatic heterocycles. The van der Waals surface area contributed by atoms with Crippen LogP contribution in [0.5, 0.6) is 0 Å².